The number of carbonyl (C=O) groups is 1. The Kier molecular flexibility index (Phi) is 6.26. The zero-order valence-electron chi connectivity index (χ0n) is 16.9. The van der Waals surface area contributed by atoms with Crippen molar-refractivity contribution in [2.75, 3.05) is 19.8 Å². The SMILES string of the molecule is NC(=O)C1(c2cccc(Sc3ccc(-n4ncn(CCO)c4=O)cc3)c2)CCOCC1. The van der Waals surface area contributed by atoms with Crippen LogP contribution in [0.1, 0.15) is 18.4 Å². The van der Waals surface area contributed by atoms with Crippen molar-refractivity contribution in [3.05, 3.63) is 70.9 Å². The lowest BCUT2D eigenvalue weighted by molar-refractivity contribution is -0.127. The lowest BCUT2D eigenvalue weighted by Crippen LogP contribution is -2.45. The van der Waals surface area contributed by atoms with Gasteiger partial charge >= 0.3 is 5.69 Å². The first-order valence-electron chi connectivity index (χ1n) is 10.1. The van der Waals surface area contributed by atoms with Gasteiger partial charge in [0, 0.05) is 23.0 Å². The average Bonchev–Trinajstić information content (AvgIpc) is 3.15. The third-order valence-electron chi connectivity index (χ3n) is 5.60. The Morgan fingerprint density at radius 3 is 2.58 bits per heavy atom. The zero-order valence-corrected chi connectivity index (χ0v) is 17.8. The second-order valence-electron chi connectivity index (χ2n) is 7.42. The van der Waals surface area contributed by atoms with Crippen molar-refractivity contribution in [1.29, 1.82) is 0 Å². The molecule has 31 heavy (non-hydrogen) atoms. The number of rotatable bonds is 7. The van der Waals surface area contributed by atoms with Crippen molar-refractivity contribution >= 4 is 17.7 Å². The van der Waals surface area contributed by atoms with Gasteiger partial charge in [-0.1, -0.05) is 23.9 Å². The van der Waals surface area contributed by atoms with Crippen LogP contribution in [0.2, 0.25) is 0 Å². The fraction of sp³-hybridized carbons (Fsp3) is 0.318. The minimum Gasteiger partial charge on any atom is -0.395 e. The molecule has 2 heterocycles. The Hall–Kier alpha value is -2.88. The Balaban J connectivity index is 1.54. The fourth-order valence-corrected chi connectivity index (χ4v) is 4.70. The number of benzene rings is 2. The molecule has 0 atom stereocenters. The number of amides is 1. The van der Waals surface area contributed by atoms with E-state index in [-0.39, 0.29) is 24.7 Å². The molecular weight excluding hydrogens is 416 g/mol. The summed E-state index contributed by atoms with van der Waals surface area (Å²) < 4.78 is 8.10. The van der Waals surface area contributed by atoms with Crippen molar-refractivity contribution in [2.24, 2.45) is 5.73 Å². The van der Waals surface area contributed by atoms with Crippen molar-refractivity contribution in [2.45, 2.75) is 34.6 Å². The molecule has 1 aliphatic heterocycles. The van der Waals surface area contributed by atoms with Crippen LogP contribution in [-0.2, 0) is 21.5 Å². The number of aromatic nitrogens is 3. The Bertz CT molecular complexity index is 1120. The highest BCUT2D eigenvalue weighted by Crippen LogP contribution is 2.37. The molecule has 1 fully saturated rings. The van der Waals surface area contributed by atoms with Crippen molar-refractivity contribution < 1.29 is 14.6 Å². The first-order valence-corrected chi connectivity index (χ1v) is 10.9. The van der Waals surface area contributed by atoms with E-state index in [0.29, 0.717) is 31.7 Å². The van der Waals surface area contributed by atoms with Crippen LogP contribution in [0.25, 0.3) is 5.69 Å². The molecule has 4 rings (SSSR count). The minimum absolute atomic E-state index is 0.121. The van der Waals surface area contributed by atoms with Crippen LogP contribution in [0.3, 0.4) is 0 Å². The third kappa shape index (κ3) is 4.30. The molecule has 0 aliphatic carbocycles. The van der Waals surface area contributed by atoms with Crippen molar-refractivity contribution in [1.82, 2.24) is 14.3 Å². The summed E-state index contributed by atoms with van der Waals surface area (Å²) in [4.78, 5) is 26.6. The molecule has 0 bridgehead atoms. The fourth-order valence-electron chi connectivity index (χ4n) is 3.82. The van der Waals surface area contributed by atoms with E-state index in [1.807, 2.05) is 48.5 Å². The standard InChI is InChI=1S/C22H24N4O4S/c23-20(28)22(8-12-30-13-9-22)16-2-1-3-19(14-16)31-18-6-4-17(5-7-18)26-21(29)25(10-11-27)15-24-26/h1-7,14-15,27H,8-13H2,(H2,23,28). The topological polar surface area (TPSA) is 112 Å². The molecule has 3 N–H and O–H groups in total. The quantitative estimate of drug-likeness (QED) is 0.578. The van der Waals surface area contributed by atoms with E-state index in [4.69, 9.17) is 15.6 Å². The van der Waals surface area contributed by atoms with Gasteiger partial charge in [0.1, 0.15) is 6.33 Å². The van der Waals surface area contributed by atoms with Gasteiger partial charge in [0.25, 0.3) is 0 Å². The van der Waals surface area contributed by atoms with Crippen LogP contribution in [0.4, 0.5) is 0 Å². The maximum absolute atomic E-state index is 12.3. The molecule has 1 amide bonds. The molecule has 0 radical (unpaired) electrons. The first kappa shape index (κ1) is 21.4. The number of primary amides is 1. The first-order chi connectivity index (χ1) is 15.0. The molecule has 0 saturated carbocycles. The van der Waals surface area contributed by atoms with Crippen LogP contribution in [0, 0.1) is 0 Å². The van der Waals surface area contributed by atoms with Gasteiger partial charge in [-0.05, 0) is 54.8 Å². The Labute approximate surface area is 183 Å². The highest BCUT2D eigenvalue weighted by Gasteiger charge is 2.40. The maximum Gasteiger partial charge on any atom is 0.350 e. The molecule has 162 valence electrons. The van der Waals surface area contributed by atoms with E-state index < -0.39 is 5.41 Å². The number of ether oxygens (including phenoxy) is 1. The maximum atomic E-state index is 12.3. The zero-order chi connectivity index (χ0) is 21.8. The van der Waals surface area contributed by atoms with Gasteiger partial charge in [-0.3, -0.25) is 9.36 Å². The number of hydrogen-bond donors (Lipinski definition) is 2. The number of aliphatic hydroxyl groups excluding tert-OH is 1. The average molecular weight is 441 g/mol. The summed E-state index contributed by atoms with van der Waals surface area (Å²) in [5.41, 5.74) is 6.38. The van der Waals surface area contributed by atoms with Crippen LogP contribution < -0.4 is 11.4 Å². The second kappa shape index (κ2) is 9.09. The van der Waals surface area contributed by atoms with E-state index in [9.17, 15) is 9.59 Å². The smallest absolute Gasteiger partial charge is 0.350 e. The van der Waals surface area contributed by atoms with E-state index in [0.717, 1.165) is 15.4 Å². The summed E-state index contributed by atoms with van der Waals surface area (Å²) in [6, 6.07) is 15.4. The highest BCUT2D eigenvalue weighted by molar-refractivity contribution is 7.99. The normalized spacial score (nSPS) is 15.6. The number of nitrogens with two attached hydrogens (primary N) is 1. The van der Waals surface area contributed by atoms with Gasteiger partial charge in [-0.15, -0.1) is 0 Å². The summed E-state index contributed by atoms with van der Waals surface area (Å²) >= 11 is 1.57. The van der Waals surface area contributed by atoms with E-state index in [1.54, 1.807) is 11.8 Å². The summed E-state index contributed by atoms with van der Waals surface area (Å²) in [6.45, 7) is 1.14. The van der Waals surface area contributed by atoms with Crippen LogP contribution in [0.5, 0.6) is 0 Å². The molecule has 1 saturated heterocycles. The van der Waals surface area contributed by atoms with Gasteiger partial charge < -0.3 is 15.6 Å². The summed E-state index contributed by atoms with van der Waals surface area (Å²) in [5, 5.41) is 13.1. The van der Waals surface area contributed by atoms with Gasteiger partial charge in [0.05, 0.1) is 24.3 Å². The third-order valence-corrected chi connectivity index (χ3v) is 6.59. The highest BCUT2D eigenvalue weighted by atomic mass is 32.2. The summed E-state index contributed by atoms with van der Waals surface area (Å²) in [5.74, 6) is -0.312. The second-order valence-corrected chi connectivity index (χ2v) is 8.57. The lowest BCUT2D eigenvalue weighted by Gasteiger charge is -2.34. The van der Waals surface area contributed by atoms with Crippen molar-refractivity contribution in [3.8, 4) is 5.69 Å². The Morgan fingerprint density at radius 2 is 1.90 bits per heavy atom. The van der Waals surface area contributed by atoms with Gasteiger partial charge in [-0.2, -0.15) is 9.78 Å². The number of hydrogen-bond acceptors (Lipinski definition) is 6. The monoisotopic (exact) mass is 440 g/mol. The molecule has 1 aliphatic rings. The minimum atomic E-state index is -0.687. The number of nitrogens with zero attached hydrogens (tertiary/aromatic N) is 3. The molecule has 1 aromatic heterocycles. The van der Waals surface area contributed by atoms with Gasteiger partial charge in [0.2, 0.25) is 5.91 Å². The van der Waals surface area contributed by atoms with E-state index in [2.05, 4.69) is 5.10 Å². The molecular formula is C22H24N4O4S. The predicted octanol–water partition coefficient (Wildman–Crippen LogP) is 1.71. The summed E-state index contributed by atoms with van der Waals surface area (Å²) in [7, 11) is 0. The predicted molar refractivity (Wildman–Crippen MR) is 116 cm³/mol. The number of aliphatic hydroxyl groups is 1. The Morgan fingerprint density at radius 1 is 1.16 bits per heavy atom. The van der Waals surface area contributed by atoms with Crippen molar-refractivity contribution in [3.63, 3.8) is 0 Å². The van der Waals surface area contributed by atoms with Gasteiger partial charge in [-0.25, -0.2) is 4.79 Å². The van der Waals surface area contributed by atoms with Gasteiger partial charge in [0.15, 0.2) is 0 Å². The molecule has 3 aromatic rings. The lowest BCUT2D eigenvalue weighted by atomic mass is 9.73. The number of carbonyl (C=O) groups excluding carboxylic acids is 1. The van der Waals surface area contributed by atoms with Crippen LogP contribution in [0.15, 0.2) is 69.4 Å². The molecule has 2 aromatic carbocycles. The molecule has 0 spiro atoms. The largest absolute Gasteiger partial charge is 0.395 e. The molecule has 9 heteroatoms. The van der Waals surface area contributed by atoms with E-state index in [1.165, 1.54) is 15.6 Å². The van der Waals surface area contributed by atoms with Crippen LogP contribution in [-0.4, -0.2) is 45.2 Å². The van der Waals surface area contributed by atoms with Crippen LogP contribution >= 0.6 is 11.8 Å². The molecule has 0 unspecified atom stereocenters. The molecule has 8 nitrogen and oxygen atoms in total. The van der Waals surface area contributed by atoms with E-state index >= 15 is 0 Å². The summed E-state index contributed by atoms with van der Waals surface area (Å²) in [6.07, 6.45) is 2.59.